The van der Waals surface area contributed by atoms with E-state index in [2.05, 4.69) is 5.32 Å². The van der Waals surface area contributed by atoms with Crippen molar-refractivity contribution >= 4 is 23.6 Å². The van der Waals surface area contributed by atoms with Crippen molar-refractivity contribution in [3.63, 3.8) is 0 Å². The van der Waals surface area contributed by atoms with E-state index in [1.54, 1.807) is 23.2 Å². The highest BCUT2D eigenvalue weighted by atomic mass is 16.5. The van der Waals surface area contributed by atoms with E-state index in [1.165, 1.54) is 6.92 Å². The van der Waals surface area contributed by atoms with Gasteiger partial charge < -0.3 is 15.0 Å². The second kappa shape index (κ2) is 7.87. The normalized spacial score (nSPS) is 15.3. The molecule has 1 heterocycles. The number of nitrogens with zero attached hydrogens (tertiary/aromatic N) is 1. The van der Waals surface area contributed by atoms with Crippen LogP contribution in [0.25, 0.3) is 6.08 Å². The predicted molar refractivity (Wildman–Crippen MR) is 102 cm³/mol. The minimum atomic E-state index is -0.309. The molecule has 26 heavy (non-hydrogen) atoms. The molecule has 1 aliphatic heterocycles. The second-order valence-corrected chi connectivity index (χ2v) is 6.10. The van der Waals surface area contributed by atoms with Gasteiger partial charge in [0.2, 0.25) is 11.8 Å². The fourth-order valence-electron chi connectivity index (χ4n) is 3.10. The number of amides is 2. The predicted octanol–water partition coefficient (Wildman–Crippen LogP) is 3.99. The van der Waals surface area contributed by atoms with E-state index in [4.69, 9.17) is 4.74 Å². The molecule has 0 saturated heterocycles. The largest absolute Gasteiger partial charge is 0.494 e. The molecule has 5 heteroatoms. The van der Waals surface area contributed by atoms with Gasteiger partial charge in [0.25, 0.3) is 0 Å². The van der Waals surface area contributed by atoms with Gasteiger partial charge in [0, 0.05) is 18.8 Å². The van der Waals surface area contributed by atoms with Crippen LogP contribution in [0.15, 0.2) is 54.7 Å². The zero-order chi connectivity index (χ0) is 18.5. The quantitative estimate of drug-likeness (QED) is 0.887. The minimum Gasteiger partial charge on any atom is -0.494 e. The molecule has 1 atom stereocenters. The van der Waals surface area contributed by atoms with Gasteiger partial charge in [0.15, 0.2) is 0 Å². The van der Waals surface area contributed by atoms with Crippen LogP contribution in [0.3, 0.4) is 0 Å². The number of anilines is 1. The molecule has 1 aliphatic rings. The van der Waals surface area contributed by atoms with Gasteiger partial charge in [-0.2, -0.15) is 0 Å². The Bertz CT molecular complexity index is 827. The summed E-state index contributed by atoms with van der Waals surface area (Å²) in [6.45, 7) is 4.03. The first-order chi connectivity index (χ1) is 12.6. The topological polar surface area (TPSA) is 58.6 Å². The minimum absolute atomic E-state index is 0.0883. The molecule has 2 aromatic rings. The molecule has 1 N–H and O–H groups in total. The van der Waals surface area contributed by atoms with Gasteiger partial charge in [-0.15, -0.1) is 0 Å². The summed E-state index contributed by atoms with van der Waals surface area (Å²) in [6, 6.07) is 14.8. The fourth-order valence-corrected chi connectivity index (χ4v) is 3.10. The van der Waals surface area contributed by atoms with Crippen LogP contribution in [0.1, 0.15) is 37.4 Å². The van der Waals surface area contributed by atoms with Gasteiger partial charge in [0.1, 0.15) is 5.75 Å². The van der Waals surface area contributed by atoms with Crippen LogP contribution in [0.2, 0.25) is 0 Å². The van der Waals surface area contributed by atoms with Gasteiger partial charge in [-0.05, 0) is 48.4 Å². The standard InChI is InChI=1S/C21H22N2O3/c1-3-26-18-10-8-17(9-11-18)22-21(25)14-20-19-7-5-4-6-16(19)12-13-23(20)15(2)24/h4-13,20H,3,14H2,1-2H3,(H,22,25)/t20-/m0/s1. The number of ether oxygens (including phenoxy) is 1. The maximum Gasteiger partial charge on any atom is 0.226 e. The lowest BCUT2D eigenvalue weighted by molar-refractivity contribution is -0.129. The van der Waals surface area contributed by atoms with E-state index in [0.29, 0.717) is 12.3 Å². The zero-order valence-corrected chi connectivity index (χ0v) is 14.9. The van der Waals surface area contributed by atoms with Gasteiger partial charge in [-0.3, -0.25) is 9.59 Å². The Morgan fingerprint density at radius 2 is 1.85 bits per heavy atom. The van der Waals surface area contributed by atoms with Crippen LogP contribution < -0.4 is 10.1 Å². The smallest absolute Gasteiger partial charge is 0.226 e. The number of rotatable bonds is 5. The first-order valence-electron chi connectivity index (χ1n) is 8.67. The van der Waals surface area contributed by atoms with Gasteiger partial charge in [0.05, 0.1) is 19.1 Å². The number of carbonyl (C=O) groups is 2. The SMILES string of the molecule is CCOc1ccc(NC(=O)C[C@H]2c3ccccc3C=CN2C(C)=O)cc1. The maximum atomic E-state index is 12.6. The van der Waals surface area contributed by atoms with Crippen LogP contribution >= 0.6 is 0 Å². The highest BCUT2D eigenvalue weighted by Crippen LogP contribution is 2.33. The number of benzene rings is 2. The number of hydrogen-bond donors (Lipinski definition) is 1. The Balaban J connectivity index is 1.74. The van der Waals surface area contributed by atoms with Crippen LogP contribution in [-0.4, -0.2) is 23.3 Å². The first kappa shape index (κ1) is 17.7. The van der Waals surface area contributed by atoms with Crippen molar-refractivity contribution < 1.29 is 14.3 Å². The summed E-state index contributed by atoms with van der Waals surface area (Å²) in [7, 11) is 0. The highest BCUT2D eigenvalue weighted by Gasteiger charge is 2.28. The lowest BCUT2D eigenvalue weighted by Crippen LogP contribution is -2.33. The summed E-state index contributed by atoms with van der Waals surface area (Å²) in [5.74, 6) is 0.532. The van der Waals surface area contributed by atoms with Crippen molar-refractivity contribution in [2.24, 2.45) is 0 Å². The lowest BCUT2D eigenvalue weighted by Gasteiger charge is -2.32. The molecular formula is C21H22N2O3. The maximum absolute atomic E-state index is 12.6. The summed E-state index contributed by atoms with van der Waals surface area (Å²) in [6.07, 6.45) is 3.84. The van der Waals surface area contributed by atoms with Crippen molar-refractivity contribution in [1.29, 1.82) is 0 Å². The average Bonchev–Trinajstić information content (AvgIpc) is 2.63. The molecule has 0 unspecified atom stereocenters. The van der Waals surface area contributed by atoms with E-state index in [1.807, 2.05) is 49.4 Å². The summed E-state index contributed by atoms with van der Waals surface area (Å²) in [5.41, 5.74) is 2.71. The van der Waals surface area contributed by atoms with Crippen molar-refractivity contribution in [3.05, 3.63) is 65.9 Å². The van der Waals surface area contributed by atoms with Gasteiger partial charge in [-0.25, -0.2) is 0 Å². The summed E-state index contributed by atoms with van der Waals surface area (Å²) < 4.78 is 5.40. The molecule has 0 aliphatic carbocycles. The van der Waals surface area contributed by atoms with Gasteiger partial charge in [-0.1, -0.05) is 24.3 Å². The third-order valence-electron chi connectivity index (χ3n) is 4.30. The number of carbonyl (C=O) groups excluding carboxylic acids is 2. The Kier molecular flexibility index (Phi) is 5.37. The fraction of sp³-hybridized carbons (Fsp3) is 0.238. The molecular weight excluding hydrogens is 328 g/mol. The molecule has 0 bridgehead atoms. The molecule has 0 aromatic heterocycles. The van der Waals surface area contributed by atoms with Crippen molar-refractivity contribution in [1.82, 2.24) is 4.90 Å². The monoisotopic (exact) mass is 350 g/mol. The molecule has 0 fully saturated rings. The van der Waals surface area contributed by atoms with E-state index in [-0.39, 0.29) is 24.3 Å². The highest BCUT2D eigenvalue weighted by molar-refractivity contribution is 5.92. The number of fused-ring (bicyclic) bond motifs is 1. The molecule has 5 nitrogen and oxygen atoms in total. The van der Waals surface area contributed by atoms with Crippen LogP contribution in [-0.2, 0) is 9.59 Å². The van der Waals surface area contributed by atoms with Gasteiger partial charge >= 0.3 is 0 Å². The molecule has 2 aromatic carbocycles. The number of hydrogen-bond acceptors (Lipinski definition) is 3. The van der Waals surface area contributed by atoms with Crippen molar-refractivity contribution in [2.45, 2.75) is 26.3 Å². The number of nitrogens with one attached hydrogen (secondary N) is 1. The first-order valence-corrected chi connectivity index (χ1v) is 8.67. The zero-order valence-electron chi connectivity index (χ0n) is 14.9. The van der Waals surface area contributed by atoms with Crippen LogP contribution in [0, 0.1) is 0 Å². The summed E-state index contributed by atoms with van der Waals surface area (Å²) in [5, 5.41) is 2.89. The molecule has 134 valence electrons. The molecule has 0 spiro atoms. The van der Waals surface area contributed by atoms with E-state index in [0.717, 1.165) is 16.9 Å². The summed E-state index contributed by atoms with van der Waals surface area (Å²) in [4.78, 5) is 26.2. The average molecular weight is 350 g/mol. The third kappa shape index (κ3) is 3.94. The Labute approximate surface area is 153 Å². The molecule has 3 rings (SSSR count). The van der Waals surface area contributed by atoms with E-state index in [9.17, 15) is 9.59 Å². The Hall–Kier alpha value is -3.08. The van der Waals surface area contributed by atoms with E-state index < -0.39 is 0 Å². The molecule has 2 amide bonds. The Morgan fingerprint density at radius 1 is 1.12 bits per heavy atom. The second-order valence-electron chi connectivity index (χ2n) is 6.10. The molecule has 0 radical (unpaired) electrons. The molecule has 0 saturated carbocycles. The van der Waals surface area contributed by atoms with Crippen molar-refractivity contribution in [3.8, 4) is 5.75 Å². The van der Waals surface area contributed by atoms with Crippen LogP contribution in [0.5, 0.6) is 5.75 Å². The summed E-state index contributed by atoms with van der Waals surface area (Å²) >= 11 is 0. The van der Waals surface area contributed by atoms with Crippen molar-refractivity contribution in [2.75, 3.05) is 11.9 Å². The van der Waals surface area contributed by atoms with E-state index >= 15 is 0 Å². The lowest BCUT2D eigenvalue weighted by atomic mass is 9.93. The third-order valence-corrected chi connectivity index (χ3v) is 4.30. The Morgan fingerprint density at radius 3 is 2.54 bits per heavy atom. The van der Waals surface area contributed by atoms with Crippen LogP contribution in [0.4, 0.5) is 5.69 Å².